The summed E-state index contributed by atoms with van der Waals surface area (Å²) in [7, 11) is 2.87. The van der Waals surface area contributed by atoms with Gasteiger partial charge in [0, 0.05) is 31.8 Å². The van der Waals surface area contributed by atoms with E-state index in [2.05, 4.69) is 5.32 Å². The minimum Gasteiger partial charge on any atom is -0.488 e. The van der Waals surface area contributed by atoms with Crippen LogP contribution in [0.2, 0.25) is 0 Å². The first-order chi connectivity index (χ1) is 19.5. The van der Waals surface area contributed by atoms with Gasteiger partial charge in [-0.05, 0) is 24.1 Å². The van der Waals surface area contributed by atoms with E-state index in [4.69, 9.17) is 33.2 Å². The normalized spacial score (nSPS) is 12.6. The van der Waals surface area contributed by atoms with Gasteiger partial charge < -0.3 is 38.5 Å². The average molecular weight is 552 g/mol. The number of carbonyl (C=O) groups is 2. The van der Waals surface area contributed by atoms with Gasteiger partial charge in [-0.2, -0.15) is 0 Å². The number of ether oxygens (including phenoxy) is 7. The Morgan fingerprint density at radius 1 is 0.900 bits per heavy atom. The zero-order valence-corrected chi connectivity index (χ0v) is 22.7. The molecule has 1 aliphatic heterocycles. The zero-order valence-electron chi connectivity index (χ0n) is 22.7. The van der Waals surface area contributed by atoms with E-state index < -0.39 is 24.4 Å². The van der Waals surface area contributed by atoms with E-state index in [0.717, 1.165) is 16.7 Å². The molecule has 0 unspecified atom stereocenters. The summed E-state index contributed by atoms with van der Waals surface area (Å²) >= 11 is 0. The molecule has 1 aliphatic rings. The maximum absolute atomic E-state index is 13.2. The molecule has 3 aromatic carbocycles. The Kier molecular flexibility index (Phi) is 10.2. The maximum Gasteiger partial charge on any atom is 0.408 e. The topological polar surface area (TPSA) is 111 Å². The molecule has 1 N–H and O–H groups in total. The first-order valence-electron chi connectivity index (χ1n) is 12.8. The zero-order chi connectivity index (χ0) is 28.3. The molecule has 3 aromatic rings. The fourth-order valence-electron chi connectivity index (χ4n) is 4.14. The van der Waals surface area contributed by atoms with Gasteiger partial charge in [0.25, 0.3) is 0 Å². The van der Waals surface area contributed by atoms with Crippen LogP contribution in [0, 0.1) is 6.92 Å². The molecule has 0 aliphatic carbocycles. The van der Waals surface area contributed by atoms with Gasteiger partial charge >= 0.3 is 12.1 Å². The highest BCUT2D eigenvalue weighted by Crippen LogP contribution is 2.43. The Morgan fingerprint density at radius 2 is 1.55 bits per heavy atom. The van der Waals surface area contributed by atoms with Gasteiger partial charge in [0.2, 0.25) is 6.79 Å². The van der Waals surface area contributed by atoms with Crippen LogP contribution < -0.4 is 19.5 Å². The number of hydrogen-bond donors (Lipinski definition) is 1. The molecule has 0 aromatic heterocycles. The van der Waals surface area contributed by atoms with Crippen LogP contribution in [0.1, 0.15) is 22.3 Å². The molecule has 40 heavy (non-hydrogen) atoms. The van der Waals surface area contributed by atoms with E-state index in [0.29, 0.717) is 29.4 Å². The lowest BCUT2D eigenvalue weighted by atomic mass is 10.0. The lowest BCUT2D eigenvalue weighted by molar-refractivity contribution is -0.168. The maximum atomic E-state index is 13.2. The van der Waals surface area contributed by atoms with Crippen molar-refractivity contribution in [2.75, 3.05) is 27.6 Å². The number of amides is 1. The van der Waals surface area contributed by atoms with Gasteiger partial charge in [-0.25, -0.2) is 9.59 Å². The Morgan fingerprint density at radius 3 is 2.20 bits per heavy atom. The molecule has 1 amide bonds. The molecule has 0 radical (unpaired) electrons. The van der Waals surface area contributed by atoms with Gasteiger partial charge in [-0.1, -0.05) is 60.7 Å². The third-order valence-corrected chi connectivity index (χ3v) is 6.25. The fraction of sp³-hybridized carbons (Fsp3) is 0.333. The highest BCUT2D eigenvalue weighted by Gasteiger charge is 2.29. The van der Waals surface area contributed by atoms with Crippen molar-refractivity contribution >= 4 is 12.1 Å². The van der Waals surface area contributed by atoms with Crippen molar-refractivity contribution in [1.29, 1.82) is 0 Å². The van der Waals surface area contributed by atoms with E-state index >= 15 is 0 Å². The molecule has 0 fully saturated rings. The Bertz CT molecular complexity index is 1260. The second-order valence-corrected chi connectivity index (χ2v) is 8.99. The summed E-state index contributed by atoms with van der Waals surface area (Å²) in [5.41, 5.74) is 3.12. The molecule has 0 spiro atoms. The Hall–Kier alpha value is -4.28. The van der Waals surface area contributed by atoms with Gasteiger partial charge in [0.15, 0.2) is 17.8 Å². The molecule has 0 saturated heterocycles. The minimum atomic E-state index is -1.11. The Labute approximate surface area is 233 Å². The third kappa shape index (κ3) is 7.64. The highest BCUT2D eigenvalue weighted by molar-refractivity contribution is 5.82. The standard InChI is InChI=1S/C30H33NO9/c1-20-27(36-16-21-10-6-4-7-11-21)23(15-25-28(20)40-19-39-25)14-24(29(32)37-18-26(34-2)35-3)31-30(33)38-17-22-12-8-5-9-13-22/h4-13,15,24,26H,14,16-19H2,1-3H3,(H,31,33)/t24-/m0/s1. The number of alkyl carbamates (subject to hydrolysis) is 1. The number of fused-ring (bicyclic) bond motifs is 1. The van der Waals surface area contributed by atoms with Gasteiger partial charge in [0.1, 0.15) is 31.6 Å². The highest BCUT2D eigenvalue weighted by atomic mass is 16.7. The molecular weight excluding hydrogens is 518 g/mol. The summed E-state index contributed by atoms with van der Waals surface area (Å²) < 4.78 is 38.5. The van der Waals surface area contributed by atoms with Crippen molar-refractivity contribution in [2.45, 2.75) is 38.9 Å². The van der Waals surface area contributed by atoms with Crippen LogP contribution in [0.4, 0.5) is 4.79 Å². The summed E-state index contributed by atoms with van der Waals surface area (Å²) in [4.78, 5) is 26.0. The molecule has 1 heterocycles. The predicted molar refractivity (Wildman–Crippen MR) is 144 cm³/mol. The summed E-state index contributed by atoms with van der Waals surface area (Å²) in [6, 6.07) is 19.5. The summed E-state index contributed by atoms with van der Waals surface area (Å²) in [5.74, 6) is 0.929. The van der Waals surface area contributed by atoms with Gasteiger partial charge in [-0.3, -0.25) is 0 Å². The molecule has 4 rings (SSSR count). The van der Waals surface area contributed by atoms with E-state index in [1.807, 2.05) is 67.6 Å². The SMILES string of the molecule is COC(COC(=O)[C@H](Cc1cc2c(c(C)c1OCc1ccccc1)OCO2)NC(=O)OCc1ccccc1)OC. The van der Waals surface area contributed by atoms with Crippen molar-refractivity contribution in [3.05, 3.63) is 89.0 Å². The Balaban J connectivity index is 1.55. The largest absolute Gasteiger partial charge is 0.488 e. The molecule has 212 valence electrons. The van der Waals surface area contributed by atoms with E-state index in [1.165, 1.54) is 14.2 Å². The second kappa shape index (κ2) is 14.2. The number of methoxy groups -OCH3 is 2. The molecule has 1 atom stereocenters. The number of benzene rings is 3. The predicted octanol–water partition coefficient (Wildman–Crippen LogP) is 4.30. The molecule has 0 saturated carbocycles. The number of nitrogens with one attached hydrogen (secondary N) is 1. The van der Waals surface area contributed by atoms with Crippen LogP contribution in [-0.2, 0) is 43.4 Å². The number of rotatable bonds is 13. The second-order valence-electron chi connectivity index (χ2n) is 8.99. The monoisotopic (exact) mass is 551 g/mol. The van der Waals surface area contributed by atoms with Crippen molar-refractivity contribution in [3.63, 3.8) is 0 Å². The first-order valence-corrected chi connectivity index (χ1v) is 12.8. The number of hydrogen-bond acceptors (Lipinski definition) is 9. The van der Waals surface area contributed by atoms with E-state index in [-0.39, 0.29) is 26.4 Å². The van der Waals surface area contributed by atoms with Crippen LogP contribution in [0.3, 0.4) is 0 Å². The lowest BCUT2D eigenvalue weighted by Gasteiger charge is -2.22. The van der Waals surface area contributed by atoms with Crippen molar-refractivity contribution in [1.82, 2.24) is 5.32 Å². The van der Waals surface area contributed by atoms with E-state index in [9.17, 15) is 9.59 Å². The van der Waals surface area contributed by atoms with Crippen LogP contribution >= 0.6 is 0 Å². The third-order valence-electron chi connectivity index (χ3n) is 6.25. The van der Waals surface area contributed by atoms with Crippen LogP contribution in [-0.4, -0.2) is 52.0 Å². The molecule has 10 heteroatoms. The van der Waals surface area contributed by atoms with E-state index in [1.54, 1.807) is 6.07 Å². The minimum absolute atomic E-state index is 0.0332. The van der Waals surface area contributed by atoms with Crippen molar-refractivity contribution in [3.8, 4) is 17.2 Å². The average Bonchev–Trinajstić information content (AvgIpc) is 3.46. The van der Waals surface area contributed by atoms with Crippen LogP contribution in [0.25, 0.3) is 0 Å². The summed E-state index contributed by atoms with van der Waals surface area (Å²) in [6.45, 7) is 2.09. The number of carbonyl (C=O) groups excluding carboxylic acids is 2. The molecule has 10 nitrogen and oxygen atoms in total. The summed E-state index contributed by atoms with van der Waals surface area (Å²) in [6.07, 6.45) is -1.50. The van der Waals surface area contributed by atoms with Crippen LogP contribution in [0.15, 0.2) is 66.7 Å². The quantitative estimate of drug-likeness (QED) is 0.246. The number of esters is 1. The van der Waals surface area contributed by atoms with Gasteiger partial charge in [0.05, 0.1) is 0 Å². The fourth-order valence-corrected chi connectivity index (χ4v) is 4.14. The van der Waals surface area contributed by atoms with Crippen molar-refractivity contribution < 1.29 is 42.7 Å². The summed E-state index contributed by atoms with van der Waals surface area (Å²) in [5, 5.41) is 2.64. The van der Waals surface area contributed by atoms with Gasteiger partial charge in [-0.15, -0.1) is 0 Å². The van der Waals surface area contributed by atoms with Crippen molar-refractivity contribution in [2.24, 2.45) is 0 Å². The first kappa shape index (κ1) is 28.7. The lowest BCUT2D eigenvalue weighted by Crippen LogP contribution is -2.44. The smallest absolute Gasteiger partial charge is 0.408 e. The molecule has 0 bridgehead atoms. The van der Waals surface area contributed by atoms with Crippen LogP contribution in [0.5, 0.6) is 17.2 Å². The molecular formula is C30H33NO9.